The number of hydrogen-bond donors (Lipinski definition) is 1. The van der Waals surface area contributed by atoms with Gasteiger partial charge in [0.15, 0.2) is 0 Å². The van der Waals surface area contributed by atoms with E-state index in [1.54, 1.807) is 37.3 Å². The Morgan fingerprint density at radius 1 is 1.03 bits per heavy atom. The van der Waals surface area contributed by atoms with Crippen molar-refractivity contribution in [1.29, 1.82) is 0 Å². The molecule has 0 bridgehead atoms. The molecule has 1 N–H and O–H groups in total. The first-order valence-corrected chi connectivity index (χ1v) is 13.6. The molecule has 34 heavy (non-hydrogen) atoms. The average molecular weight is 549 g/mol. The third-order valence-corrected chi connectivity index (χ3v) is 7.07. The van der Waals surface area contributed by atoms with E-state index in [1.165, 1.54) is 17.0 Å². The van der Waals surface area contributed by atoms with Gasteiger partial charge in [-0.1, -0.05) is 53.9 Å². The maximum absolute atomic E-state index is 13.6. The van der Waals surface area contributed by atoms with Gasteiger partial charge in [0.1, 0.15) is 12.6 Å². The lowest BCUT2D eigenvalue weighted by Gasteiger charge is -2.33. The van der Waals surface area contributed by atoms with Gasteiger partial charge in [-0.05, 0) is 50.6 Å². The Morgan fingerprint density at radius 2 is 1.62 bits per heavy atom. The minimum absolute atomic E-state index is 0.0749. The van der Waals surface area contributed by atoms with Crippen LogP contribution in [0.5, 0.6) is 0 Å². The van der Waals surface area contributed by atoms with E-state index in [1.807, 2.05) is 13.8 Å². The summed E-state index contributed by atoms with van der Waals surface area (Å²) in [6, 6.07) is 10.1. The normalized spacial score (nSPS) is 12.4. The minimum atomic E-state index is -3.85. The molecule has 0 spiro atoms. The van der Waals surface area contributed by atoms with Crippen LogP contribution in [-0.4, -0.2) is 50.0 Å². The van der Waals surface area contributed by atoms with Crippen LogP contribution in [0.1, 0.15) is 32.8 Å². The van der Waals surface area contributed by atoms with Crippen LogP contribution in [-0.2, 0) is 26.2 Å². The molecule has 11 heteroatoms. The van der Waals surface area contributed by atoms with E-state index in [0.717, 1.165) is 10.6 Å². The van der Waals surface area contributed by atoms with Gasteiger partial charge in [0.05, 0.1) is 11.9 Å². The number of halogens is 3. The lowest BCUT2D eigenvalue weighted by atomic mass is 10.1. The quantitative estimate of drug-likeness (QED) is 0.464. The van der Waals surface area contributed by atoms with E-state index in [2.05, 4.69) is 5.32 Å². The van der Waals surface area contributed by atoms with Gasteiger partial charge in [0.2, 0.25) is 21.8 Å². The summed E-state index contributed by atoms with van der Waals surface area (Å²) in [5, 5.41) is 3.80. The molecule has 0 unspecified atom stereocenters. The molecule has 0 radical (unpaired) electrons. The van der Waals surface area contributed by atoms with Crippen LogP contribution >= 0.6 is 34.8 Å². The van der Waals surface area contributed by atoms with Gasteiger partial charge in [0, 0.05) is 33.2 Å². The maximum Gasteiger partial charge on any atom is 0.244 e. The summed E-state index contributed by atoms with van der Waals surface area (Å²) in [5.74, 6) is -0.949. The summed E-state index contributed by atoms with van der Waals surface area (Å²) in [5.41, 5.74) is 0.697. The molecule has 186 valence electrons. The predicted octanol–water partition coefficient (Wildman–Crippen LogP) is 4.74. The Bertz CT molecular complexity index is 1120. The van der Waals surface area contributed by atoms with Crippen molar-refractivity contribution in [2.24, 2.45) is 0 Å². The van der Waals surface area contributed by atoms with E-state index < -0.39 is 28.5 Å². The van der Waals surface area contributed by atoms with Gasteiger partial charge in [-0.15, -0.1) is 0 Å². The second kappa shape index (κ2) is 12.1. The summed E-state index contributed by atoms with van der Waals surface area (Å²) < 4.78 is 26.1. The zero-order valence-corrected chi connectivity index (χ0v) is 22.5. The third-order valence-electron chi connectivity index (χ3n) is 4.98. The van der Waals surface area contributed by atoms with E-state index >= 15 is 0 Å². The van der Waals surface area contributed by atoms with Gasteiger partial charge >= 0.3 is 0 Å². The van der Waals surface area contributed by atoms with Crippen molar-refractivity contribution < 1.29 is 18.0 Å². The summed E-state index contributed by atoms with van der Waals surface area (Å²) >= 11 is 18.7. The van der Waals surface area contributed by atoms with Crippen LogP contribution in [0.2, 0.25) is 15.1 Å². The summed E-state index contributed by atoms with van der Waals surface area (Å²) in [7, 11) is -3.85. The summed E-state index contributed by atoms with van der Waals surface area (Å²) in [6.07, 6.45) is 1.29. The highest BCUT2D eigenvalue weighted by Gasteiger charge is 2.32. The Hall–Kier alpha value is -2.00. The van der Waals surface area contributed by atoms with Gasteiger partial charge in [-0.25, -0.2) is 8.42 Å². The smallest absolute Gasteiger partial charge is 0.244 e. The van der Waals surface area contributed by atoms with Crippen molar-refractivity contribution in [3.05, 3.63) is 63.1 Å². The molecular weight excluding hydrogens is 521 g/mol. The third kappa shape index (κ3) is 7.50. The number of nitrogens with one attached hydrogen (secondary N) is 1. The second-order valence-corrected chi connectivity index (χ2v) is 11.2. The standard InChI is InChI=1S/C23H28Cl3N3O4S/c1-5-21(23(31)27-15(2)3)28(13-18-19(25)10-7-11-20(18)26)22(30)14-29(34(4,32)33)17-9-6-8-16(24)12-17/h6-12,15,21H,5,13-14H2,1-4H3,(H,27,31)/t21-/m0/s1. The Kier molecular flexibility index (Phi) is 10.1. The molecule has 0 saturated heterocycles. The largest absolute Gasteiger partial charge is 0.352 e. The molecule has 2 rings (SSSR count). The number of amides is 2. The van der Waals surface area contributed by atoms with Crippen molar-refractivity contribution in [3.63, 3.8) is 0 Å². The monoisotopic (exact) mass is 547 g/mol. The highest BCUT2D eigenvalue weighted by atomic mass is 35.5. The number of rotatable bonds is 10. The number of nitrogens with zero attached hydrogens (tertiary/aromatic N) is 2. The zero-order valence-electron chi connectivity index (χ0n) is 19.4. The predicted molar refractivity (Wildman–Crippen MR) is 138 cm³/mol. The molecule has 0 aliphatic carbocycles. The Morgan fingerprint density at radius 3 is 2.12 bits per heavy atom. The van der Waals surface area contributed by atoms with Crippen LogP contribution in [0.15, 0.2) is 42.5 Å². The molecule has 1 atom stereocenters. The van der Waals surface area contributed by atoms with E-state index in [0.29, 0.717) is 27.1 Å². The van der Waals surface area contributed by atoms with Crippen molar-refractivity contribution in [3.8, 4) is 0 Å². The molecular formula is C23H28Cl3N3O4S. The SMILES string of the molecule is CC[C@@H](C(=O)NC(C)C)N(Cc1c(Cl)cccc1Cl)C(=O)CN(c1cccc(Cl)c1)S(C)(=O)=O. The molecule has 0 aliphatic heterocycles. The van der Waals surface area contributed by atoms with Gasteiger partial charge in [0.25, 0.3) is 0 Å². The number of hydrogen-bond acceptors (Lipinski definition) is 4. The average Bonchev–Trinajstić information content (AvgIpc) is 2.72. The van der Waals surface area contributed by atoms with Crippen LogP contribution in [0.4, 0.5) is 5.69 Å². The number of sulfonamides is 1. The highest BCUT2D eigenvalue weighted by molar-refractivity contribution is 7.92. The molecule has 0 saturated carbocycles. The first-order valence-electron chi connectivity index (χ1n) is 10.6. The molecule has 0 heterocycles. The lowest BCUT2D eigenvalue weighted by Crippen LogP contribution is -2.53. The highest BCUT2D eigenvalue weighted by Crippen LogP contribution is 2.28. The van der Waals surface area contributed by atoms with Crippen LogP contribution in [0.3, 0.4) is 0 Å². The van der Waals surface area contributed by atoms with E-state index in [9.17, 15) is 18.0 Å². The minimum Gasteiger partial charge on any atom is -0.352 e. The fraction of sp³-hybridized carbons (Fsp3) is 0.391. The van der Waals surface area contributed by atoms with Crippen LogP contribution in [0, 0.1) is 0 Å². The molecule has 0 fully saturated rings. The number of carbonyl (C=O) groups excluding carboxylic acids is 2. The molecule has 0 aliphatic rings. The number of anilines is 1. The fourth-order valence-electron chi connectivity index (χ4n) is 3.40. The number of carbonyl (C=O) groups is 2. The maximum atomic E-state index is 13.6. The molecule has 7 nitrogen and oxygen atoms in total. The van der Waals surface area contributed by atoms with Gasteiger partial charge in [-0.2, -0.15) is 0 Å². The first-order chi connectivity index (χ1) is 15.8. The molecule has 2 amide bonds. The Balaban J connectivity index is 2.51. The Labute approximate surface area is 216 Å². The summed E-state index contributed by atoms with van der Waals surface area (Å²) in [6.45, 7) is 4.78. The van der Waals surface area contributed by atoms with Crippen LogP contribution < -0.4 is 9.62 Å². The molecule has 0 aromatic heterocycles. The van der Waals surface area contributed by atoms with Crippen molar-refractivity contribution in [1.82, 2.24) is 10.2 Å². The second-order valence-electron chi connectivity index (χ2n) is 8.06. The lowest BCUT2D eigenvalue weighted by molar-refractivity contribution is -0.140. The fourth-order valence-corrected chi connectivity index (χ4v) is 4.94. The van der Waals surface area contributed by atoms with E-state index in [-0.39, 0.29) is 24.2 Å². The van der Waals surface area contributed by atoms with Gasteiger partial charge < -0.3 is 10.2 Å². The summed E-state index contributed by atoms with van der Waals surface area (Å²) in [4.78, 5) is 27.9. The van der Waals surface area contributed by atoms with Crippen molar-refractivity contribution >= 4 is 62.3 Å². The van der Waals surface area contributed by atoms with E-state index in [4.69, 9.17) is 34.8 Å². The zero-order chi connectivity index (χ0) is 25.6. The number of benzene rings is 2. The van der Waals surface area contributed by atoms with Crippen molar-refractivity contribution in [2.75, 3.05) is 17.1 Å². The van der Waals surface area contributed by atoms with Crippen LogP contribution in [0.25, 0.3) is 0 Å². The van der Waals surface area contributed by atoms with Crippen molar-refractivity contribution in [2.45, 2.75) is 45.8 Å². The molecule has 2 aromatic carbocycles. The molecule has 2 aromatic rings. The van der Waals surface area contributed by atoms with Gasteiger partial charge in [-0.3, -0.25) is 13.9 Å². The topological polar surface area (TPSA) is 86.8 Å². The first kappa shape index (κ1) is 28.2.